The number of halogens is 1. The van der Waals surface area contributed by atoms with Crippen molar-refractivity contribution in [3.63, 3.8) is 0 Å². The number of pyridine rings is 2. The number of carbonyl (C=O) groups excluding carboxylic acids is 1. The molecule has 0 bridgehead atoms. The monoisotopic (exact) mass is 520 g/mol. The molecule has 2 N–H and O–H groups in total. The lowest BCUT2D eigenvalue weighted by Crippen LogP contribution is -2.32. The third-order valence-corrected chi connectivity index (χ3v) is 7.33. The second kappa shape index (κ2) is 10.7. The second-order valence-corrected chi connectivity index (χ2v) is 10.3. The zero-order valence-electron chi connectivity index (χ0n) is 21.7. The number of benzene rings is 2. The fourth-order valence-corrected chi connectivity index (χ4v) is 5.05. The highest BCUT2D eigenvalue weighted by Crippen LogP contribution is 2.27. The maximum absolute atomic E-state index is 13.6. The number of carbonyl (C=O) groups is 1. The number of aromatic amines is 1. The first-order chi connectivity index (χ1) is 19.0. The lowest BCUT2D eigenvalue weighted by Gasteiger charge is -2.30. The molecule has 0 radical (unpaired) electrons. The first-order valence-corrected chi connectivity index (χ1v) is 13.2. The van der Waals surface area contributed by atoms with Crippen molar-refractivity contribution >= 4 is 22.5 Å². The van der Waals surface area contributed by atoms with Crippen LogP contribution >= 0.6 is 0 Å². The van der Waals surface area contributed by atoms with Crippen molar-refractivity contribution in [2.24, 2.45) is 5.92 Å². The van der Waals surface area contributed by atoms with Crippen molar-refractivity contribution in [3.05, 3.63) is 96.3 Å². The number of rotatable bonds is 6. The van der Waals surface area contributed by atoms with Gasteiger partial charge < -0.3 is 5.32 Å². The SMILES string of the molecule is CC1CCN(Cc2cncc(-c3ccc4[nH]nc(C(=O)Nc5ccc(-c6cccc(F)c6)nc5)c4c3)c2)CC1. The van der Waals surface area contributed by atoms with Gasteiger partial charge in [-0.2, -0.15) is 5.10 Å². The zero-order chi connectivity index (χ0) is 26.8. The molecular formula is C31H29FN6O. The van der Waals surface area contributed by atoms with Gasteiger partial charge in [0.25, 0.3) is 5.91 Å². The maximum atomic E-state index is 13.6. The molecule has 0 aliphatic carbocycles. The molecular weight excluding hydrogens is 491 g/mol. The highest BCUT2D eigenvalue weighted by atomic mass is 19.1. The number of hydrogen-bond acceptors (Lipinski definition) is 5. The fourth-order valence-electron chi connectivity index (χ4n) is 5.05. The van der Waals surface area contributed by atoms with Crippen LogP contribution in [0.25, 0.3) is 33.3 Å². The Morgan fingerprint density at radius 1 is 1.00 bits per heavy atom. The van der Waals surface area contributed by atoms with Crippen LogP contribution in [0.2, 0.25) is 0 Å². The van der Waals surface area contributed by atoms with Crippen LogP contribution in [0.15, 0.2) is 79.3 Å². The van der Waals surface area contributed by atoms with Gasteiger partial charge in [-0.25, -0.2) is 4.39 Å². The van der Waals surface area contributed by atoms with E-state index in [1.54, 1.807) is 30.5 Å². The van der Waals surface area contributed by atoms with Gasteiger partial charge in [-0.1, -0.05) is 25.1 Å². The van der Waals surface area contributed by atoms with Crippen LogP contribution < -0.4 is 5.32 Å². The Bertz CT molecular complexity index is 1620. The molecule has 0 saturated carbocycles. The molecule has 8 heteroatoms. The minimum Gasteiger partial charge on any atom is -0.319 e. The average Bonchev–Trinajstić information content (AvgIpc) is 3.38. The van der Waals surface area contributed by atoms with E-state index in [2.05, 4.69) is 43.4 Å². The second-order valence-electron chi connectivity index (χ2n) is 10.3. The smallest absolute Gasteiger partial charge is 0.276 e. The van der Waals surface area contributed by atoms with Crippen LogP contribution in [0, 0.1) is 11.7 Å². The fraction of sp³-hybridized carbons (Fsp3) is 0.226. The Morgan fingerprint density at radius 3 is 2.67 bits per heavy atom. The number of H-pyrrole nitrogens is 1. The van der Waals surface area contributed by atoms with Gasteiger partial charge in [0.05, 0.1) is 23.1 Å². The van der Waals surface area contributed by atoms with E-state index in [1.165, 1.54) is 30.5 Å². The quantitative estimate of drug-likeness (QED) is 0.274. The predicted octanol–water partition coefficient (Wildman–Crippen LogP) is 6.31. The third kappa shape index (κ3) is 5.56. The highest BCUT2D eigenvalue weighted by Gasteiger charge is 2.18. The first-order valence-electron chi connectivity index (χ1n) is 13.2. The predicted molar refractivity (Wildman–Crippen MR) is 151 cm³/mol. The van der Waals surface area contributed by atoms with Gasteiger partial charge in [-0.05, 0) is 85.4 Å². The van der Waals surface area contributed by atoms with E-state index in [4.69, 9.17) is 0 Å². The molecule has 0 unspecified atom stereocenters. The molecule has 5 aromatic rings. The summed E-state index contributed by atoms with van der Waals surface area (Å²) in [6.07, 6.45) is 7.82. The Kier molecular flexibility index (Phi) is 6.85. The minimum atomic E-state index is -0.343. The lowest BCUT2D eigenvalue weighted by molar-refractivity contribution is 0.102. The number of anilines is 1. The molecule has 196 valence electrons. The molecule has 6 rings (SSSR count). The van der Waals surface area contributed by atoms with Crippen LogP contribution in [0.5, 0.6) is 0 Å². The van der Waals surface area contributed by atoms with Crippen LogP contribution in [-0.2, 0) is 6.54 Å². The summed E-state index contributed by atoms with van der Waals surface area (Å²) in [7, 11) is 0. The summed E-state index contributed by atoms with van der Waals surface area (Å²) in [6, 6.07) is 17.8. The normalized spacial score (nSPS) is 14.5. The van der Waals surface area contributed by atoms with Crippen LogP contribution in [-0.4, -0.2) is 44.1 Å². The summed E-state index contributed by atoms with van der Waals surface area (Å²) in [4.78, 5) is 24.5. The number of aromatic nitrogens is 4. The molecule has 4 heterocycles. The number of nitrogens with one attached hydrogen (secondary N) is 2. The van der Waals surface area contributed by atoms with Crippen molar-refractivity contribution in [1.82, 2.24) is 25.1 Å². The molecule has 2 aromatic carbocycles. The molecule has 1 aliphatic heterocycles. The van der Waals surface area contributed by atoms with Crippen molar-refractivity contribution in [3.8, 4) is 22.4 Å². The Morgan fingerprint density at radius 2 is 1.87 bits per heavy atom. The average molecular weight is 521 g/mol. The van der Waals surface area contributed by atoms with Crippen molar-refractivity contribution < 1.29 is 9.18 Å². The van der Waals surface area contributed by atoms with Gasteiger partial charge in [0.2, 0.25) is 0 Å². The lowest BCUT2D eigenvalue weighted by atomic mass is 9.98. The number of fused-ring (bicyclic) bond motifs is 1. The Hall–Kier alpha value is -4.43. The Labute approximate surface area is 226 Å². The summed E-state index contributed by atoms with van der Waals surface area (Å²) in [5, 5.41) is 10.8. The van der Waals surface area contributed by atoms with Crippen molar-refractivity contribution in [2.75, 3.05) is 18.4 Å². The van der Waals surface area contributed by atoms with Crippen molar-refractivity contribution in [2.45, 2.75) is 26.3 Å². The molecule has 1 amide bonds. The van der Waals surface area contributed by atoms with E-state index in [1.807, 2.05) is 30.6 Å². The van der Waals surface area contributed by atoms with Gasteiger partial charge in [0, 0.05) is 35.5 Å². The van der Waals surface area contributed by atoms with Crippen molar-refractivity contribution in [1.29, 1.82) is 0 Å². The number of hydrogen-bond donors (Lipinski definition) is 2. The number of piperidine rings is 1. The third-order valence-electron chi connectivity index (χ3n) is 7.33. The van der Waals surface area contributed by atoms with E-state index in [9.17, 15) is 9.18 Å². The minimum absolute atomic E-state index is 0.299. The van der Waals surface area contributed by atoms with Crippen LogP contribution in [0.3, 0.4) is 0 Å². The molecule has 0 atom stereocenters. The summed E-state index contributed by atoms with van der Waals surface area (Å²) in [5.74, 6) is 0.134. The van der Waals surface area contributed by atoms with Gasteiger partial charge in [0.1, 0.15) is 5.82 Å². The molecule has 3 aromatic heterocycles. The summed E-state index contributed by atoms with van der Waals surface area (Å²) in [6.45, 7) is 5.45. The van der Waals surface area contributed by atoms with E-state index in [0.717, 1.165) is 47.6 Å². The maximum Gasteiger partial charge on any atom is 0.276 e. The van der Waals surface area contributed by atoms with E-state index >= 15 is 0 Å². The standard InChI is InChI=1S/C31H29FN6O/c1-20-9-11-38(12-10-20)19-21-13-24(17-33-16-21)22-5-7-29-27(15-22)30(37-36-29)31(39)35-26-6-8-28(34-18-26)23-3-2-4-25(32)14-23/h2-8,13-18,20H,9-12,19H2,1H3,(H,35,39)(H,36,37). The highest BCUT2D eigenvalue weighted by molar-refractivity contribution is 6.11. The molecule has 1 saturated heterocycles. The van der Waals surface area contributed by atoms with E-state index in [0.29, 0.717) is 22.6 Å². The number of amides is 1. The van der Waals surface area contributed by atoms with Gasteiger partial charge in [-0.3, -0.25) is 24.8 Å². The largest absolute Gasteiger partial charge is 0.319 e. The van der Waals surface area contributed by atoms with E-state index < -0.39 is 0 Å². The van der Waals surface area contributed by atoms with Gasteiger partial charge in [0.15, 0.2) is 5.69 Å². The van der Waals surface area contributed by atoms with E-state index in [-0.39, 0.29) is 11.7 Å². The molecule has 1 aliphatic rings. The summed E-state index contributed by atoms with van der Waals surface area (Å²) in [5.41, 5.74) is 6.04. The first kappa shape index (κ1) is 24.9. The number of likely N-dealkylation sites (tertiary alicyclic amines) is 1. The van der Waals surface area contributed by atoms with Crippen LogP contribution in [0.1, 0.15) is 35.8 Å². The summed E-state index contributed by atoms with van der Waals surface area (Å²) >= 11 is 0. The topological polar surface area (TPSA) is 86.8 Å². The van der Waals surface area contributed by atoms with Gasteiger partial charge >= 0.3 is 0 Å². The molecule has 1 fully saturated rings. The molecule has 0 spiro atoms. The summed E-state index contributed by atoms with van der Waals surface area (Å²) < 4.78 is 13.6. The zero-order valence-corrected chi connectivity index (χ0v) is 21.7. The Balaban J connectivity index is 1.20. The number of nitrogens with zero attached hydrogens (tertiary/aromatic N) is 4. The molecule has 39 heavy (non-hydrogen) atoms. The van der Waals surface area contributed by atoms with Gasteiger partial charge in [-0.15, -0.1) is 0 Å². The van der Waals surface area contributed by atoms with Crippen LogP contribution in [0.4, 0.5) is 10.1 Å². The molecule has 7 nitrogen and oxygen atoms in total.